The normalized spacial score (nSPS) is 11.9. The van der Waals surface area contributed by atoms with Crippen LogP contribution in [0.3, 0.4) is 0 Å². The quantitative estimate of drug-likeness (QED) is 0.888. The fourth-order valence-electron chi connectivity index (χ4n) is 2.14. The molecule has 0 saturated heterocycles. The van der Waals surface area contributed by atoms with Gasteiger partial charge in [0.1, 0.15) is 12.4 Å². The van der Waals surface area contributed by atoms with Crippen LogP contribution in [-0.2, 0) is 6.61 Å². The molecule has 0 bridgehead atoms. The SMILES string of the molecule is OCCN(CC(F)(F)F)c1cc(CO)c2ccccc2n1. The molecule has 1 aromatic carbocycles. The zero-order valence-electron chi connectivity index (χ0n) is 11.1. The third kappa shape index (κ3) is 3.83. The number of fused-ring (bicyclic) bond motifs is 1. The predicted molar refractivity (Wildman–Crippen MR) is 73.0 cm³/mol. The summed E-state index contributed by atoms with van der Waals surface area (Å²) in [5, 5.41) is 19.0. The van der Waals surface area contributed by atoms with Crippen molar-refractivity contribution in [2.24, 2.45) is 0 Å². The molecule has 1 aromatic heterocycles. The summed E-state index contributed by atoms with van der Waals surface area (Å²) in [6.45, 7) is -2.10. The summed E-state index contributed by atoms with van der Waals surface area (Å²) in [7, 11) is 0. The number of hydrogen-bond acceptors (Lipinski definition) is 4. The number of aromatic nitrogens is 1. The summed E-state index contributed by atoms with van der Waals surface area (Å²) < 4.78 is 37.8. The second-order valence-electron chi connectivity index (χ2n) is 4.58. The van der Waals surface area contributed by atoms with E-state index in [0.29, 0.717) is 16.5 Å². The number of halogens is 3. The van der Waals surface area contributed by atoms with Crippen LogP contribution in [0.4, 0.5) is 19.0 Å². The summed E-state index contributed by atoms with van der Waals surface area (Å²) in [6.07, 6.45) is -4.40. The van der Waals surface area contributed by atoms with E-state index in [1.807, 2.05) is 0 Å². The van der Waals surface area contributed by atoms with Crippen molar-refractivity contribution in [1.82, 2.24) is 4.98 Å². The molecule has 0 radical (unpaired) electrons. The Balaban J connectivity index is 2.47. The van der Waals surface area contributed by atoms with Gasteiger partial charge >= 0.3 is 6.18 Å². The molecule has 2 rings (SSSR count). The van der Waals surface area contributed by atoms with E-state index in [0.717, 1.165) is 4.90 Å². The van der Waals surface area contributed by atoms with Crippen LogP contribution in [0.15, 0.2) is 30.3 Å². The molecule has 0 spiro atoms. The molecule has 0 amide bonds. The first kappa shape index (κ1) is 15.5. The van der Waals surface area contributed by atoms with Crippen molar-refractivity contribution in [3.8, 4) is 0 Å². The Labute approximate surface area is 119 Å². The summed E-state index contributed by atoms with van der Waals surface area (Å²) in [6, 6.07) is 8.33. The van der Waals surface area contributed by atoms with E-state index < -0.39 is 19.3 Å². The molecule has 0 unspecified atom stereocenters. The molecule has 0 saturated carbocycles. The standard InChI is InChI=1S/C14H15F3N2O2/c15-14(16,17)9-19(5-6-20)13-7-10(8-21)11-3-1-2-4-12(11)18-13/h1-4,7,20-21H,5-6,8-9H2. The molecule has 0 atom stereocenters. The minimum Gasteiger partial charge on any atom is -0.395 e. The number of rotatable bonds is 5. The third-order valence-corrected chi connectivity index (χ3v) is 3.02. The third-order valence-electron chi connectivity index (χ3n) is 3.02. The van der Waals surface area contributed by atoms with E-state index in [9.17, 15) is 18.3 Å². The van der Waals surface area contributed by atoms with Crippen molar-refractivity contribution < 1.29 is 23.4 Å². The fraction of sp³-hybridized carbons (Fsp3) is 0.357. The molecule has 0 fully saturated rings. The number of benzene rings is 1. The van der Waals surface area contributed by atoms with E-state index in [1.54, 1.807) is 24.3 Å². The zero-order chi connectivity index (χ0) is 15.5. The van der Waals surface area contributed by atoms with Crippen LogP contribution >= 0.6 is 0 Å². The zero-order valence-corrected chi connectivity index (χ0v) is 11.1. The van der Waals surface area contributed by atoms with Crippen LogP contribution in [0, 0.1) is 0 Å². The fourth-order valence-corrected chi connectivity index (χ4v) is 2.14. The van der Waals surface area contributed by atoms with Crippen LogP contribution in [-0.4, -0.2) is 41.1 Å². The number of anilines is 1. The highest BCUT2D eigenvalue weighted by Gasteiger charge is 2.31. The van der Waals surface area contributed by atoms with Gasteiger partial charge in [0.15, 0.2) is 0 Å². The molecule has 0 aliphatic rings. The second-order valence-corrected chi connectivity index (χ2v) is 4.58. The van der Waals surface area contributed by atoms with Gasteiger partial charge in [-0.2, -0.15) is 13.2 Å². The van der Waals surface area contributed by atoms with Gasteiger partial charge in [-0.15, -0.1) is 0 Å². The Morgan fingerprint density at radius 3 is 2.48 bits per heavy atom. The number of aliphatic hydroxyl groups is 2. The first-order valence-electron chi connectivity index (χ1n) is 6.36. The number of pyridine rings is 1. The van der Waals surface area contributed by atoms with Crippen molar-refractivity contribution in [2.75, 3.05) is 24.6 Å². The second kappa shape index (κ2) is 6.28. The number of aliphatic hydroxyl groups excluding tert-OH is 2. The maximum atomic E-state index is 12.6. The Morgan fingerprint density at radius 2 is 1.86 bits per heavy atom. The molecule has 114 valence electrons. The number of hydrogen-bond donors (Lipinski definition) is 2. The Bertz CT molecular complexity index is 617. The lowest BCUT2D eigenvalue weighted by atomic mass is 10.1. The smallest absolute Gasteiger partial charge is 0.395 e. The molecule has 21 heavy (non-hydrogen) atoms. The van der Waals surface area contributed by atoms with Crippen LogP contribution < -0.4 is 4.90 Å². The topological polar surface area (TPSA) is 56.6 Å². The molecule has 0 aliphatic heterocycles. The van der Waals surface area contributed by atoms with Crippen molar-refractivity contribution in [3.63, 3.8) is 0 Å². The first-order chi connectivity index (χ1) is 9.94. The molecule has 2 N–H and O–H groups in total. The minimum atomic E-state index is -4.40. The highest BCUT2D eigenvalue weighted by atomic mass is 19.4. The van der Waals surface area contributed by atoms with Crippen molar-refractivity contribution in [2.45, 2.75) is 12.8 Å². The van der Waals surface area contributed by atoms with E-state index in [1.165, 1.54) is 6.07 Å². The van der Waals surface area contributed by atoms with Gasteiger partial charge in [-0.25, -0.2) is 4.98 Å². The van der Waals surface area contributed by atoms with Gasteiger partial charge in [-0.1, -0.05) is 18.2 Å². The van der Waals surface area contributed by atoms with Gasteiger partial charge in [-0.05, 0) is 17.7 Å². The summed E-state index contributed by atoms with van der Waals surface area (Å²) >= 11 is 0. The summed E-state index contributed by atoms with van der Waals surface area (Å²) in [5.74, 6) is 0.0872. The highest BCUT2D eigenvalue weighted by molar-refractivity contribution is 5.84. The molecular weight excluding hydrogens is 285 g/mol. The Hall–Kier alpha value is -1.86. The van der Waals surface area contributed by atoms with E-state index in [2.05, 4.69) is 4.98 Å². The lowest BCUT2D eigenvalue weighted by Gasteiger charge is -2.25. The maximum Gasteiger partial charge on any atom is 0.405 e. The lowest BCUT2D eigenvalue weighted by molar-refractivity contribution is -0.119. The van der Waals surface area contributed by atoms with Crippen LogP contribution in [0.2, 0.25) is 0 Å². The average molecular weight is 300 g/mol. The van der Waals surface area contributed by atoms with Gasteiger partial charge in [0.2, 0.25) is 0 Å². The van der Waals surface area contributed by atoms with Gasteiger partial charge < -0.3 is 15.1 Å². The average Bonchev–Trinajstić information content (AvgIpc) is 2.44. The Morgan fingerprint density at radius 1 is 1.14 bits per heavy atom. The van der Waals surface area contributed by atoms with E-state index >= 15 is 0 Å². The van der Waals surface area contributed by atoms with Gasteiger partial charge in [0.25, 0.3) is 0 Å². The molecular formula is C14H15F3N2O2. The monoisotopic (exact) mass is 300 g/mol. The van der Waals surface area contributed by atoms with Crippen LogP contribution in [0.1, 0.15) is 5.56 Å². The molecule has 2 aromatic rings. The summed E-state index contributed by atoms with van der Waals surface area (Å²) in [5.41, 5.74) is 1.00. The van der Waals surface area contributed by atoms with E-state index in [-0.39, 0.29) is 19.0 Å². The number of alkyl halides is 3. The van der Waals surface area contributed by atoms with E-state index in [4.69, 9.17) is 5.11 Å². The molecule has 4 nitrogen and oxygen atoms in total. The predicted octanol–water partition coefficient (Wildman–Crippen LogP) is 2.09. The number of para-hydroxylation sites is 1. The first-order valence-corrected chi connectivity index (χ1v) is 6.36. The molecule has 0 aliphatic carbocycles. The van der Waals surface area contributed by atoms with Gasteiger partial charge in [0.05, 0.1) is 18.7 Å². The number of nitrogens with zero attached hydrogens (tertiary/aromatic N) is 2. The lowest BCUT2D eigenvalue weighted by Crippen LogP contribution is -2.36. The van der Waals surface area contributed by atoms with Gasteiger partial charge in [-0.3, -0.25) is 0 Å². The minimum absolute atomic E-state index is 0.0872. The van der Waals surface area contributed by atoms with Crippen molar-refractivity contribution in [3.05, 3.63) is 35.9 Å². The molecule has 7 heteroatoms. The largest absolute Gasteiger partial charge is 0.405 e. The Kier molecular flexibility index (Phi) is 4.64. The van der Waals surface area contributed by atoms with Crippen LogP contribution in [0.25, 0.3) is 10.9 Å². The van der Waals surface area contributed by atoms with Crippen molar-refractivity contribution in [1.29, 1.82) is 0 Å². The summed E-state index contributed by atoms with van der Waals surface area (Å²) in [4.78, 5) is 5.14. The van der Waals surface area contributed by atoms with Crippen molar-refractivity contribution >= 4 is 16.7 Å². The maximum absolute atomic E-state index is 12.6. The highest BCUT2D eigenvalue weighted by Crippen LogP contribution is 2.25. The van der Waals surface area contributed by atoms with Gasteiger partial charge in [0, 0.05) is 11.9 Å². The van der Waals surface area contributed by atoms with Crippen LogP contribution in [0.5, 0.6) is 0 Å². The molecule has 1 heterocycles.